The van der Waals surface area contributed by atoms with Crippen molar-refractivity contribution >= 4 is 11.6 Å². The molecule has 0 aromatic carbocycles. The SMILES string of the molecule is CCOC(=O)c1cnc2cc(OCC)nn2c1C. The summed E-state index contributed by atoms with van der Waals surface area (Å²) in [5, 5.41) is 4.23. The predicted octanol–water partition coefficient (Wildman–Crippen LogP) is 1.61. The normalized spacial score (nSPS) is 10.6. The maximum atomic E-state index is 11.7. The molecule has 2 rings (SSSR count). The fourth-order valence-corrected chi connectivity index (χ4v) is 1.65. The number of carbonyl (C=O) groups is 1. The first-order chi connectivity index (χ1) is 8.67. The minimum atomic E-state index is -0.391. The molecule has 18 heavy (non-hydrogen) atoms. The van der Waals surface area contributed by atoms with Crippen LogP contribution in [0.1, 0.15) is 29.9 Å². The number of aromatic nitrogens is 3. The van der Waals surface area contributed by atoms with Crippen molar-refractivity contribution in [3.63, 3.8) is 0 Å². The Kier molecular flexibility index (Phi) is 3.45. The van der Waals surface area contributed by atoms with Crippen LogP contribution in [-0.2, 0) is 4.74 Å². The zero-order chi connectivity index (χ0) is 13.1. The van der Waals surface area contributed by atoms with Gasteiger partial charge in [-0.15, -0.1) is 5.10 Å². The van der Waals surface area contributed by atoms with Gasteiger partial charge >= 0.3 is 5.97 Å². The van der Waals surface area contributed by atoms with Gasteiger partial charge in [0, 0.05) is 12.3 Å². The van der Waals surface area contributed by atoms with E-state index in [1.807, 2.05) is 6.92 Å². The summed E-state index contributed by atoms with van der Waals surface area (Å²) in [5.41, 5.74) is 1.74. The number of aryl methyl sites for hydroxylation is 1. The Morgan fingerprint density at radius 2 is 2.17 bits per heavy atom. The molecule has 0 fully saturated rings. The van der Waals surface area contributed by atoms with Gasteiger partial charge in [-0.2, -0.15) is 0 Å². The van der Waals surface area contributed by atoms with Gasteiger partial charge in [-0.1, -0.05) is 0 Å². The average Bonchev–Trinajstić information content (AvgIpc) is 2.74. The van der Waals surface area contributed by atoms with E-state index < -0.39 is 5.97 Å². The second kappa shape index (κ2) is 5.03. The third kappa shape index (κ3) is 2.13. The summed E-state index contributed by atoms with van der Waals surface area (Å²) in [6.45, 7) is 6.31. The molecule has 0 saturated heterocycles. The Hall–Kier alpha value is -2.11. The first-order valence-electron chi connectivity index (χ1n) is 5.82. The molecule has 0 N–H and O–H groups in total. The predicted molar refractivity (Wildman–Crippen MR) is 64.8 cm³/mol. The van der Waals surface area contributed by atoms with Crippen LogP contribution in [0.15, 0.2) is 12.3 Å². The van der Waals surface area contributed by atoms with Crippen molar-refractivity contribution in [2.75, 3.05) is 13.2 Å². The Morgan fingerprint density at radius 3 is 2.83 bits per heavy atom. The molecular weight excluding hydrogens is 234 g/mol. The Labute approximate surface area is 105 Å². The molecule has 0 saturated carbocycles. The molecule has 2 heterocycles. The summed E-state index contributed by atoms with van der Waals surface area (Å²) >= 11 is 0. The minimum Gasteiger partial charge on any atom is -0.477 e. The third-order valence-corrected chi connectivity index (χ3v) is 2.49. The van der Waals surface area contributed by atoms with Crippen molar-refractivity contribution in [2.45, 2.75) is 20.8 Å². The highest BCUT2D eigenvalue weighted by Gasteiger charge is 2.15. The highest BCUT2D eigenvalue weighted by atomic mass is 16.5. The summed E-state index contributed by atoms with van der Waals surface area (Å²) in [6.07, 6.45) is 1.50. The van der Waals surface area contributed by atoms with Crippen molar-refractivity contribution in [2.24, 2.45) is 0 Å². The van der Waals surface area contributed by atoms with Crippen molar-refractivity contribution in [1.29, 1.82) is 0 Å². The fourth-order valence-electron chi connectivity index (χ4n) is 1.65. The zero-order valence-corrected chi connectivity index (χ0v) is 10.6. The van der Waals surface area contributed by atoms with Crippen LogP contribution in [-0.4, -0.2) is 33.8 Å². The molecular formula is C12H15N3O3. The number of rotatable bonds is 4. The van der Waals surface area contributed by atoms with Crippen LogP contribution in [0.5, 0.6) is 5.88 Å². The quantitative estimate of drug-likeness (QED) is 0.770. The van der Waals surface area contributed by atoms with Gasteiger partial charge in [0.2, 0.25) is 5.88 Å². The van der Waals surface area contributed by atoms with Crippen molar-refractivity contribution in [3.05, 3.63) is 23.5 Å². The van der Waals surface area contributed by atoms with E-state index in [1.54, 1.807) is 24.4 Å². The first-order valence-corrected chi connectivity index (χ1v) is 5.82. The average molecular weight is 249 g/mol. The van der Waals surface area contributed by atoms with E-state index in [0.29, 0.717) is 36.0 Å². The summed E-state index contributed by atoms with van der Waals surface area (Å²) in [5.74, 6) is 0.104. The minimum absolute atomic E-state index is 0.333. The van der Waals surface area contributed by atoms with Gasteiger partial charge in [-0.05, 0) is 20.8 Å². The number of hydrogen-bond donors (Lipinski definition) is 0. The van der Waals surface area contributed by atoms with Gasteiger partial charge in [-0.3, -0.25) is 0 Å². The van der Waals surface area contributed by atoms with E-state index in [-0.39, 0.29) is 0 Å². The van der Waals surface area contributed by atoms with Crippen molar-refractivity contribution in [3.8, 4) is 5.88 Å². The topological polar surface area (TPSA) is 65.7 Å². The number of ether oxygens (including phenoxy) is 2. The molecule has 0 atom stereocenters. The molecule has 6 nitrogen and oxygen atoms in total. The Morgan fingerprint density at radius 1 is 1.39 bits per heavy atom. The van der Waals surface area contributed by atoms with Crippen LogP contribution in [0, 0.1) is 6.92 Å². The summed E-state index contributed by atoms with van der Waals surface area (Å²) in [7, 11) is 0. The molecule has 0 aliphatic heterocycles. The molecule has 0 bridgehead atoms. The highest BCUT2D eigenvalue weighted by Crippen LogP contribution is 2.16. The van der Waals surface area contributed by atoms with E-state index in [9.17, 15) is 4.79 Å². The Bertz CT molecular complexity index is 577. The number of hydrogen-bond acceptors (Lipinski definition) is 5. The van der Waals surface area contributed by atoms with Crippen molar-refractivity contribution < 1.29 is 14.3 Å². The molecule has 0 amide bonds. The lowest BCUT2D eigenvalue weighted by Crippen LogP contribution is -2.11. The zero-order valence-electron chi connectivity index (χ0n) is 10.6. The van der Waals surface area contributed by atoms with Gasteiger partial charge in [0.1, 0.15) is 0 Å². The molecule has 6 heteroatoms. The van der Waals surface area contributed by atoms with E-state index in [1.165, 1.54) is 6.20 Å². The maximum Gasteiger partial charge on any atom is 0.341 e. The Balaban J connectivity index is 2.46. The lowest BCUT2D eigenvalue weighted by atomic mass is 10.2. The van der Waals surface area contributed by atoms with Crippen LogP contribution in [0.25, 0.3) is 5.65 Å². The van der Waals surface area contributed by atoms with E-state index in [4.69, 9.17) is 9.47 Å². The van der Waals surface area contributed by atoms with E-state index in [2.05, 4.69) is 10.1 Å². The molecule has 0 spiro atoms. The van der Waals surface area contributed by atoms with Crippen LogP contribution in [0.3, 0.4) is 0 Å². The maximum absolute atomic E-state index is 11.7. The fraction of sp³-hybridized carbons (Fsp3) is 0.417. The first kappa shape index (κ1) is 12.3. The summed E-state index contributed by atoms with van der Waals surface area (Å²) < 4.78 is 11.8. The second-order valence-corrected chi connectivity index (χ2v) is 3.66. The molecule has 0 aliphatic rings. The van der Waals surface area contributed by atoms with E-state index >= 15 is 0 Å². The van der Waals surface area contributed by atoms with Gasteiger partial charge in [0.05, 0.1) is 24.5 Å². The molecule has 96 valence electrons. The largest absolute Gasteiger partial charge is 0.477 e. The molecule has 2 aromatic heterocycles. The van der Waals surface area contributed by atoms with Gasteiger partial charge in [-0.25, -0.2) is 14.3 Å². The molecule has 0 aliphatic carbocycles. The lowest BCUT2D eigenvalue weighted by molar-refractivity contribution is 0.0524. The van der Waals surface area contributed by atoms with Crippen LogP contribution in [0.2, 0.25) is 0 Å². The van der Waals surface area contributed by atoms with E-state index in [0.717, 1.165) is 0 Å². The molecule has 2 aromatic rings. The molecule has 0 radical (unpaired) electrons. The standard InChI is InChI=1S/C12H15N3O3/c1-4-17-11-6-10-13-7-9(12(16)18-5-2)8(3)15(10)14-11/h6-7H,4-5H2,1-3H3. The third-order valence-electron chi connectivity index (χ3n) is 2.49. The monoisotopic (exact) mass is 249 g/mol. The second-order valence-electron chi connectivity index (χ2n) is 3.66. The lowest BCUT2D eigenvalue weighted by Gasteiger charge is -2.05. The number of fused-ring (bicyclic) bond motifs is 1. The van der Waals surface area contributed by atoms with Crippen molar-refractivity contribution in [1.82, 2.24) is 14.6 Å². The number of nitrogens with zero attached hydrogens (tertiary/aromatic N) is 3. The van der Waals surface area contributed by atoms with Crippen LogP contribution in [0.4, 0.5) is 0 Å². The van der Waals surface area contributed by atoms with Gasteiger partial charge in [0.15, 0.2) is 5.65 Å². The molecule has 0 unspecified atom stereocenters. The summed E-state index contributed by atoms with van der Waals surface area (Å²) in [4.78, 5) is 15.9. The highest BCUT2D eigenvalue weighted by molar-refractivity contribution is 5.90. The van der Waals surface area contributed by atoms with Gasteiger partial charge in [0.25, 0.3) is 0 Å². The smallest absolute Gasteiger partial charge is 0.341 e. The van der Waals surface area contributed by atoms with Crippen LogP contribution >= 0.6 is 0 Å². The number of carbonyl (C=O) groups excluding carboxylic acids is 1. The van der Waals surface area contributed by atoms with Gasteiger partial charge < -0.3 is 9.47 Å². The summed E-state index contributed by atoms with van der Waals surface area (Å²) in [6, 6.07) is 1.73. The number of esters is 1. The van der Waals surface area contributed by atoms with Crippen LogP contribution < -0.4 is 4.74 Å².